The van der Waals surface area contributed by atoms with E-state index in [-0.39, 0.29) is 28.7 Å². The first-order valence-electron chi connectivity index (χ1n) is 9.31. The van der Waals surface area contributed by atoms with Crippen LogP contribution in [0.25, 0.3) is 0 Å². The van der Waals surface area contributed by atoms with Gasteiger partial charge in [-0.3, -0.25) is 4.79 Å². The number of nitrogens with one attached hydrogen (secondary N) is 1. The molecule has 0 saturated heterocycles. The van der Waals surface area contributed by atoms with Gasteiger partial charge in [0.1, 0.15) is 0 Å². The van der Waals surface area contributed by atoms with Gasteiger partial charge in [-0.15, -0.1) is 0 Å². The van der Waals surface area contributed by atoms with Crippen LogP contribution in [0.3, 0.4) is 0 Å². The maximum Gasteiger partial charge on any atom is 0.243 e. The van der Waals surface area contributed by atoms with Crippen LogP contribution in [0.1, 0.15) is 37.3 Å². The Labute approximate surface area is 171 Å². The van der Waals surface area contributed by atoms with E-state index in [9.17, 15) is 13.2 Å². The highest BCUT2D eigenvalue weighted by atomic mass is 35.5. The Balaban J connectivity index is 1.57. The van der Waals surface area contributed by atoms with E-state index in [1.807, 2.05) is 38.1 Å². The molecule has 150 valence electrons. The predicted molar refractivity (Wildman–Crippen MR) is 111 cm³/mol. The minimum Gasteiger partial charge on any atom is -0.352 e. The summed E-state index contributed by atoms with van der Waals surface area (Å²) in [5.74, 6) is 0.119. The molecule has 0 radical (unpaired) electrons. The minimum atomic E-state index is -3.50. The molecule has 1 fully saturated rings. The molecule has 1 amide bonds. The second-order valence-corrected chi connectivity index (χ2v) is 9.85. The molecule has 1 N–H and O–H groups in total. The summed E-state index contributed by atoms with van der Waals surface area (Å²) in [4.78, 5) is 12.7. The Morgan fingerprint density at radius 1 is 1.18 bits per heavy atom. The van der Waals surface area contributed by atoms with Crippen LogP contribution >= 0.6 is 11.6 Å². The molecule has 0 bridgehead atoms. The van der Waals surface area contributed by atoms with Crippen LogP contribution in [0.5, 0.6) is 0 Å². The van der Waals surface area contributed by atoms with Crippen molar-refractivity contribution in [3.63, 3.8) is 0 Å². The van der Waals surface area contributed by atoms with E-state index in [1.165, 1.54) is 4.31 Å². The quantitative estimate of drug-likeness (QED) is 0.741. The predicted octanol–water partition coefficient (Wildman–Crippen LogP) is 3.79. The number of benzene rings is 2. The van der Waals surface area contributed by atoms with Crippen molar-refractivity contribution < 1.29 is 13.2 Å². The molecule has 1 aliphatic carbocycles. The number of hydrogen-bond acceptors (Lipinski definition) is 3. The largest absolute Gasteiger partial charge is 0.352 e. The number of nitrogens with zero attached hydrogens (tertiary/aromatic N) is 1. The van der Waals surface area contributed by atoms with Crippen molar-refractivity contribution in [1.29, 1.82) is 0 Å². The molecule has 0 aromatic heterocycles. The fourth-order valence-corrected chi connectivity index (χ4v) is 4.79. The van der Waals surface area contributed by atoms with Crippen molar-refractivity contribution in [1.82, 2.24) is 9.62 Å². The molecule has 2 atom stereocenters. The van der Waals surface area contributed by atoms with Crippen LogP contribution in [-0.2, 0) is 21.4 Å². The lowest BCUT2D eigenvalue weighted by Gasteiger charge is -2.21. The van der Waals surface area contributed by atoms with Crippen LogP contribution in [0.15, 0.2) is 53.4 Å². The van der Waals surface area contributed by atoms with Crippen molar-refractivity contribution in [2.75, 3.05) is 7.05 Å². The summed E-state index contributed by atoms with van der Waals surface area (Å²) in [6, 6.07) is 14.1. The number of carbonyl (C=O) groups is 1. The van der Waals surface area contributed by atoms with E-state index in [0.717, 1.165) is 17.5 Å². The van der Waals surface area contributed by atoms with E-state index in [2.05, 4.69) is 5.32 Å². The van der Waals surface area contributed by atoms with Crippen molar-refractivity contribution >= 4 is 27.5 Å². The average Bonchev–Trinajstić information content (AvgIpc) is 3.46. The van der Waals surface area contributed by atoms with Gasteiger partial charge in [0.25, 0.3) is 0 Å². The summed E-state index contributed by atoms with van der Waals surface area (Å²) in [6.07, 6.45) is 0.800. The van der Waals surface area contributed by atoms with Gasteiger partial charge < -0.3 is 5.32 Å². The molecule has 28 heavy (non-hydrogen) atoms. The van der Waals surface area contributed by atoms with E-state index < -0.39 is 10.0 Å². The lowest BCUT2D eigenvalue weighted by atomic mass is 10.1. The van der Waals surface area contributed by atoms with E-state index in [0.29, 0.717) is 11.6 Å². The molecule has 2 unspecified atom stereocenters. The van der Waals surface area contributed by atoms with Crippen LogP contribution in [-0.4, -0.2) is 31.7 Å². The average molecular weight is 421 g/mol. The van der Waals surface area contributed by atoms with Gasteiger partial charge >= 0.3 is 0 Å². The second-order valence-electron chi connectivity index (χ2n) is 7.45. The van der Waals surface area contributed by atoms with Gasteiger partial charge in [-0.25, -0.2) is 8.42 Å². The number of carbonyl (C=O) groups excluding carboxylic acids is 1. The van der Waals surface area contributed by atoms with Crippen LogP contribution in [0.4, 0.5) is 0 Å². The first-order valence-corrected chi connectivity index (χ1v) is 11.1. The third-order valence-corrected chi connectivity index (χ3v) is 7.62. The van der Waals surface area contributed by atoms with E-state index >= 15 is 0 Å². The monoisotopic (exact) mass is 420 g/mol. The highest BCUT2D eigenvalue weighted by Gasteiger charge is 2.44. The summed E-state index contributed by atoms with van der Waals surface area (Å²) in [7, 11) is -1.93. The van der Waals surface area contributed by atoms with Crippen molar-refractivity contribution in [2.45, 2.75) is 43.7 Å². The summed E-state index contributed by atoms with van der Waals surface area (Å²) in [5, 5.41) is 3.64. The zero-order valence-corrected chi connectivity index (χ0v) is 17.8. The first-order chi connectivity index (χ1) is 13.2. The zero-order chi connectivity index (χ0) is 20.5. The van der Waals surface area contributed by atoms with Gasteiger partial charge in [-0.05, 0) is 55.5 Å². The van der Waals surface area contributed by atoms with Crippen LogP contribution < -0.4 is 5.32 Å². The molecule has 0 spiro atoms. The Morgan fingerprint density at radius 2 is 1.82 bits per heavy atom. The summed E-state index contributed by atoms with van der Waals surface area (Å²) < 4.78 is 26.3. The third-order valence-electron chi connectivity index (χ3n) is 5.23. The molecule has 0 heterocycles. The number of hydrogen-bond donors (Lipinski definition) is 1. The number of halogens is 1. The van der Waals surface area contributed by atoms with E-state index in [1.54, 1.807) is 31.3 Å². The molecule has 2 aromatic carbocycles. The van der Waals surface area contributed by atoms with Crippen LogP contribution in [0.2, 0.25) is 5.02 Å². The van der Waals surface area contributed by atoms with E-state index in [4.69, 9.17) is 11.6 Å². The number of sulfonamides is 1. The van der Waals surface area contributed by atoms with Gasteiger partial charge in [-0.2, -0.15) is 4.31 Å². The Bertz CT molecular complexity index is 958. The molecule has 0 aliphatic heterocycles. The fourth-order valence-electron chi connectivity index (χ4n) is 3.15. The molecule has 1 aliphatic rings. The number of rotatable bonds is 7. The zero-order valence-electron chi connectivity index (χ0n) is 16.2. The highest BCUT2D eigenvalue weighted by molar-refractivity contribution is 7.89. The summed E-state index contributed by atoms with van der Waals surface area (Å²) in [5.41, 5.74) is 1.88. The topological polar surface area (TPSA) is 66.5 Å². The molecule has 1 saturated carbocycles. The highest BCUT2D eigenvalue weighted by Crippen LogP contribution is 2.49. The third kappa shape index (κ3) is 4.40. The Hall–Kier alpha value is -1.89. The van der Waals surface area contributed by atoms with Gasteiger partial charge in [0.05, 0.1) is 4.90 Å². The summed E-state index contributed by atoms with van der Waals surface area (Å²) >= 11 is 6.21. The molecular weight excluding hydrogens is 396 g/mol. The summed E-state index contributed by atoms with van der Waals surface area (Å²) in [6.45, 7) is 4.02. The lowest BCUT2D eigenvalue weighted by molar-refractivity contribution is -0.122. The Morgan fingerprint density at radius 3 is 2.43 bits per heavy atom. The molecular formula is C21H25ClN2O3S. The Kier molecular flexibility index (Phi) is 6.12. The van der Waals surface area contributed by atoms with Crippen molar-refractivity contribution in [3.05, 3.63) is 64.7 Å². The maximum absolute atomic E-state index is 12.5. The fraction of sp³-hybridized carbons (Fsp3) is 0.381. The molecule has 5 nitrogen and oxygen atoms in total. The first kappa shape index (κ1) is 20.8. The van der Waals surface area contributed by atoms with Crippen LogP contribution in [0, 0.1) is 5.92 Å². The molecule has 7 heteroatoms. The van der Waals surface area contributed by atoms with Gasteiger partial charge in [0.2, 0.25) is 15.9 Å². The minimum absolute atomic E-state index is 0.00107. The van der Waals surface area contributed by atoms with Gasteiger partial charge in [-0.1, -0.05) is 41.9 Å². The number of amides is 1. The second kappa shape index (κ2) is 8.23. The van der Waals surface area contributed by atoms with Gasteiger partial charge in [0.15, 0.2) is 0 Å². The molecule has 2 aromatic rings. The maximum atomic E-state index is 12.5. The normalized spacial score (nSPS) is 19.1. The SMILES string of the molecule is CC(C)N(C)S(=O)(=O)c1ccc(CNC(=O)C2CC2c2ccccc2Cl)cc1. The van der Waals surface area contributed by atoms with Gasteiger partial charge in [0, 0.05) is 30.6 Å². The lowest BCUT2D eigenvalue weighted by Crippen LogP contribution is -2.33. The molecule has 3 rings (SSSR count). The van der Waals surface area contributed by atoms with Crippen molar-refractivity contribution in [2.24, 2.45) is 5.92 Å². The standard InChI is InChI=1S/C21H25ClN2O3S/c1-14(2)24(3)28(26,27)16-10-8-15(9-11-16)13-23-21(25)19-12-18(19)17-6-4-5-7-20(17)22/h4-11,14,18-19H,12-13H2,1-3H3,(H,23,25). The van der Waals surface area contributed by atoms with Crippen molar-refractivity contribution in [3.8, 4) is 0 Å². The smallest absolute Gasteiger partial charge is 0.243 e.